The lowest BCUT2D eigenvalue weighted by Crippen LogP contribution is -2.01. The van der Waals surface area contributed by atoms with Gasteiger partial charge in [0.15, 0.2) is 16.6 Å². The van der Waals surface area contributed by atoms with Crippen molar-refractivity contribution < 1.29 is 4.79 Å². The lowest BCUT2D eigenvalue weighted by molar-refractivity contribution is 0.102. The van der Waals surface area contributed by atoms with Gasteiger partial charge in [-0.1, -0.05) is 11.3 Å². The predicted octanol–water partition coefficient (Wildman–Crippen LogP) is 2.87. The first kappa shape index (κ1) is 14.6. The van der Waals surface area contributed by atoms with E-state index < -0.39 is 0 Å². The van der Waals surface area contributed by atoms with E-state index in [0.717, 1.165) is 29.1 Å². The molecule has 0 aliphatic rings. The molecule has 0 atom stereocenters. The molecule has 0 aliphatic carbocycles. The lowest BCUT2D eigenvalue weighted by atomic mass is 10.3. The molecule has 0 saturated heterocycles. The maximum Gasteiger partial charge on any atom is 0.231 e. The highest BCUT2D eigenvalue weighted by atomic mass is 32.1. The number of carbonyl (C=O) groups excluding carboxylic acids is 1. The summed E-state index contributed by atoms with van der Waals surface area (Å²) >= 11 is 1.31. The number of carbonyl (C=O) groups is 1. The molecule has 7 nitrogen and oxygen atoms in total. The molecular formula is C14H16N6OS. The number of nitrogens with one attached hydrogen (secondary N) is 1. The van der Waals surface area contributed by atoms with Crippen molar-refractivity contribution in [3.8, 4) is 0 Å². The SMILES string of the molecule is CCn1cnc2c(C)nc(Nc3nc(C)c(C(C)=O)s3)nc21. The molecular weight excluding hydrogens is 300 g/mol. The minimum atomic E-state index is 0.0136. The Morgan fingerprint density at radius 2 is 2.05 bits per heavy atom. The highest BCUT2D eigenvalue weighted by Crippen LogP contribution is 2.26. The van der Waals surface area contributed by atoms with Crippen LogP contribution in [0, 0.1) is 13.8 Å². The van der Waals surface area contributed by atoms with Crippen molar-refractivity contribution in [2.75, 3.05) is 5.32 Å². The number of Topliss-reactive ketones (excluding diaryl/α,β-unsaturated/α-hetero) is 1. The molecule has 8 heteroatoms. The van der Waals surface area contributed by atoms with Gasteiger partial charge in [0.05, 0.1) is 22.6 Å². The van der Waals surface area contributed by atoms with Crippen molar-refractivity contribution in [3.63, 3.8) is 0 Å². The van der Waals surface area contributed by atoms with E-state index in [0.29, 0.717) is 16.0 Å². The molecule has 114 valence electrons. The van der Waals surface area contributed by atoms with Gasteiger partial charge in [0.25, 0.3) is 0 Å². The molecule has 0 amide bonds. The van der Waals surface area contributed by atoms with E-state index in [1.54, 1.807) is 6.33 Å². The second-order valence-electron chi connectivity index (χ2n) is 4.95. The number of hydrogen-bond donors (Lipinski definition) is 1. The smallest absolute Gasteiger partial charge is 0.231 e. The third-order valence-electron chi connectivity index (χ3n) is 3.31. The van der Waals surface area contributed by atoms with Crippen molar-refractivity contribution in [1.29, 1.82) is 0 Å². The third-order valence-corrected chi connectivity index (χ3v) is 4.49. The van der Waals surface area contributed by atoms with Crippen molar-refractivity contribution in [2.45, 2.75) is 34.2 Å². The van der Waals surface area contributed by atoms with Gasteiger partial charge in [-0.25, -0.2) is 15.0 Å². The average Bonchev–Trinajstić information content (AvgIpc) is 3.02. The van der Waals surface area contributed by atoms with Crippen LogP contribution in [0.25, 0.3) is 11.2 Å². The molecule has 0 unspecified atom stereocenters. The van der Waals surface area contributed by atoms with Gasteiger partial charge in [-0.2, -0.15) is 4.98 Å². The van der Waals surface area contributed by atoms with Crippen LogP contribution in [0.5, 0.6) is 0 Å². The fourth-order valence-corrected chi connectivity index (χ4v) is 3.10. The quantitative estimate of drug-likeness (QED) is 0.745. The fraction of sp³-hybridized carbons (Fsp3) is 0.357. The molecule has 0 fully saturated rings. The summed E-state index contributed by atoms with van der Waals surface area (Å²) in [6, 6.07) is 0. The summed E-state index contributed by atoms with van der Waals surface area (Å²) in [6.45, 7) is 8.08. The number of rotatable bonds is 4. The minimum absolute atomic E-state index is 0.0136. The molecule has 0 aromatic carbocycles. The number of ketones is 1. The highest BCUT2D eigenvalue weighted by Gasteiger charge is 2.14. The Morgan fingerprint density at radius 3 is 2.68 bits per heavy atom. The van der Waals surface area contributed by atoms with Crippen molar-refractivity contribution in [3.05, 3.63) is 22.6 Å². The van der Waals surface area contributed by atoms with Crippen LogP contribution in [0.2, 0.25) is 0 Å². The van der Waals surface area contributed by atoms with Crippen LogP contribution in [0.3, 0.4) is 0 Å². The monoisotopic (exact) mass is 316 g/mol. The number of fused-ring (bicyclic) bond motifs is 1. The Morgan fingerprint density at radius 1 is 1.27 bits per heavy atom. The Bertz CT molecular complexity index is 866. The van der Waals surface area contributed by atoms with Gasteiger partial charge in [-0.3, -0.25) is 10.1 Å². The summed E-state index contributed by atoms with van der Waals surface area (Å²) < 4.78 is 1.96. The number of hydrogen-bond acceptors (Lipinski definition) is 7. The summed E-state index contributed by atoms with van der Waals surface area (Å²) in [5.74, 6) is 0.476. The summed E-state index contributed by atoms with van der Waals surface area (Å²) in [5, 5.41) is 3.70. The molecule has 22 heavy (non-hydrogen) atoms. The van der Waals surface area contributed by atoms with Crippen LogP contribution in [0.15, 0.2) is 6.33 Å². The van der Waals surface area contributed by atoms with Crippen LogP contribution in [0.1, 0.15) is 34.9 Å². The summed E-state index contributed by atoms with van der Waals surface area (Å²) in [5.41, 5.74) is 3.11. The molecule has 3 aromatic rings. The molecule has 0 bridgehead atoms. The molecule has 0 aliphatic heterocycles. The number of thiazole rings is 1. The van der Waals surface area contributed by atoms with Crippen LogP contribution >= 0.6 is 11.3 Å². The molecule has 0 radical (unpaired) electrons. The first-order valence-electron chi connectivity index (χ1n) is 6.94. The first-order chi connectivity index (χ1) is 10.5. The van der Waals surface area contributed by atoms with Crippen LogP contribution in [-0.4, -0.2) is 30.3 Å². The summed E-state index contributed by atoms with van der Waals surface area (Å²) in [7, 11) is 0. The zero-order chi connectivity index (χ0) is 15.9. The normalized spacial score (nSPS) is 11.1. The summed E-state index contributed by atoms with van der Waals surface area (Å²) in [4.78, 5) is 29.8. The van der Waals surface area contributed by atoms with Crippen LogP contribution < -0.4 is 5.32 Å². The standard InChI is InChI=1S/C14H16N6OS/c1-5-20-6-15-10-7(2)16-13(18-12(10)20)19-14-17-8(3)11(22-14)9(4)21/h6H,5H2,1-4H3,(H,16,17,18,19). The van der Waals surface area contributed by atoms with E-state index in [1.165, 1.54) is 18.3 Å². The van der Waals surface area contributed by atoms with Crippen molar-refractivity contribution in [2.24, 2.45) is 0 Å². The van der Waals surface area contributed by atoms with Gasteiger partial charge in [-0.15, -0.1) is 0 Å². The first-order valence-corrected chi connectivity index (χ1v) is 7.76. The third kappa shape index (κ3) is 2.45. The second-order valence-corrected chi connectivity index (χ2v) is 5.95. The number of imidazole rings is 1. The Labute approximate surface area is 131 Å². The Kier molecular flexibility index (Phi) is 3.61. The minimum Gasteiger partial charge on any atom is -0.315 e. The number of anilines is 2. The zero-order valence-electron chi connectivity index (χ0n) is 12.8. The number of nitrogens with zero attached hydrogens (tertiary/aromatic N) is 5. The molecule has 3 rings (SSSR count). The van der Waals surface area contributed by atoms with E-state index >= 15 is 0 Å². The van der Waals surface area contributed by atoms with E-state index in [2.05, 4.69) is 25.3 Å². The zero-order valence-corrected chi connectivity index (χ0v) is 13.7. The van der Waals surface area contributed by atoms with Gasteiger partial charge >= 0.3 is 0 Å². The van der Waals surface area contributed by atoms with Gasteiger partial charge in [0.1, 0.15) is 5.52 Å². The molecule has 1 N–H and O–H groups in total. The predicted molar refractivity (Wildman–Crippen MR) is 85.9 cm³/mol. The van der Waals surface area contributed by atoms with E-state index in [4.69, 9.17) is 0 Å². The van der Waals surface area contributed by atoms with E-state index in [-0.39, 0.29) is 5.78 Å². The lowest BCUT2D eigenvalue weighted by Gasteiger charge is -2.04. The summed E-state index contributed by atoms with van der Waals surface area (Å²) in [6.07, 6.45) is 1.76. The van der Waals surface area contributed by atoms with Crippen LogP contribution in [0.4, 0.5) is 11.1 Å². The van der Waals surface area contributed by atoms with Crippen molar-refractivity contribution in [1.82, 2.24) is 24.5 Å². The second kappa shape index (κ2) is 5.45. The fourth-order valence-electron chi connectivity index (χ4n) is 2.24. The largest absolute Gasteiger partial charge is 0.315 e. The van der Waals surface area contributed by atoms with Gasteiger partial charge in [0.2, 0.25) is 5.95 Å². The molecule has 0 spiro atoms. The van der Waals surface area contributed by atoms with E-state index in [1.807, 2.05) is 25.3 Å². The number of aromatic nitrogens is 5. The van der Waals surface area contributed by atoms with E-state index in [9.17, 15) is 4.79 Å². The maximum absolute atomic E-state index is 11.5. The maximum atomic E-state index is 11.5. The topological polar surface area (TPSA) is 85.6 Å². The van der Waals surface area contributed by atoms with Gasteiger partial charge < -0.3 is 4.57 Å². The van der Waals surface area contributed by atoms with Crippen LogP contribution in [-0.2, 0) is 6.54 Å². The van der Waals surface area contributed by atoms with Gasteiger partial charge in [0, 0.05) is 13.5 Å². The highest BCUT2D eigenvalue weighted by molar-refractivity contribution is 7.17. The molecule has 0 saturated carbocycles. The molecule has 3 heterocycles. The Hall–Kier alpha value is -2.35. The number of aryl methyl sites for hydroxylation is 3. The van der Waals surface area contributed by atoms with Gasteiger partial charge in [-0.05, 0) is 20.8 Å². The molecule has 3 aromatic heterocycles. The average molecular weight is 316 g/mol. The Balaban J connectivity index is 2.00. The van der Waals surface area contributed by atoms with Crippen molar-refractivity contribution >= 4 is 39.4 Å².